The molecule has 2 rings (SSSR count). The maximum Gasteiger partial charge on any atom is 0.129 e. The highest BCUT2D eigenvalue weighted by molar-refractivity contribution is 5.80. The molecule has 2 aromatic carbocycles. The van der Waals surface area contributed by atoms with Crippen LogP contribution in [0, 0.1) is 5.82 Å². The van der Waals surface area contributed by atoms with Gasteiger partial charge in [0.05, 0.1) is 18.5 Å². The van der Waals surface area contributed by atoms with Gasteiger partial charge < -0.3 is 4.74 Å². The zero-order valence-corrected chi connectivity index (χ0v) is 14.2. The number of hydrazone groups is 1. The van der Waals surface area contributed by atoms with Crippen molar-refractivity contribution in [2.45, 2.75) is 39.2 Å². The van der Waals surface area contributed by atoms with Crippen LogP contribution in [0.25, 0.3) is 0 Å². The molecule has 0 radical (unpaired) electrons. The highest BCUT2D eigenvalue weighted by Crippen LogP contribution is 2.12. The average Bonchev–Trinajstić information content (AvgIpc) is 2.60. The van der Waals surface area contributed by atoms with Gasteiger partial charge in [-0.05, 0) is 30.2 Å². The largest absolute Gasteiger partial charge is 0.377 e. The third-order valence-electron chi connectivity index (χ3n) is 3.66. The van der Waals surface area contributed by atoms with Crippen LogP contribution in [-0.2, 0) is 11.3 Å². The van der Waals surface area contributed by atoms with Crippen LogP contribution in [0.3, 0.4) is 0 Å². The molecule has 1 N–H and O–H groups in total. The smallest absolute Gasteiger partial charge is 0.129 e. The Morgan fingerprint density at radius 2 is 1.92 bits per heavy atom. The number of hydrogen-bond donors (Lipinski definition) is 1. The molecule has 0 spiro atoms. The van der Waals surface area contributed by atoms with E-state index in [9.17, 15) is 4.39 Å². The first-order valence-corrected chi connectivity index (χ1v) is 8.50. The lowest BCUT2D eigenvalue weighted by Crippen LogP contribution is -1.99. The molecule has 0 bridgehead atoms. The monoisotopic (exact) mass is 328 g/mol. The third-order valence-corrected chi connectivity index (χ3v) is 3.66. The van der Waals surface area contributed by atoms with Crippen molar-refractivity contribution in [3.8, 4) is 0 Å². The van der Waals surface area contributed by atoms with E-state index in [0.717, 1.165) is 12.1 Å². The van der Waals surface area contributed by atoms with E-state index in [1.807, 2.05) is 36.4 Å². The van der Waals surface area contributed by atoms with Gasteiger partial charge in [0.15, 0.2) is 0 Å². The van der Waals surface area contributed by atoms with Crippen molar-refractivity contribution in [2.24, 2.45) is 5.10 Å². The van der Waals surface area contributed by atoms with E-state index in [-0.39, 0.29) is 5.82 Å². The molecule has 0 fully saturated rings. The number of para-hydroxylation sites is 1. The molecule has 4 heteroatoms. The molecule has 0 aromatic heterocycles. The Labute approximate surface area is 143 Å². The summed E-state index contributed by atoms with van der Waals surface area (Å²) in [6, 6.07) is 14.7. The fourth-order valence-electron chi connectivity index (χ4n) is 2.27. The number of rotatable bonds is 10. The average molecular weight is 328 g/mol. The van der Waals surface area contributed by atoms with E-state index in [0.29, 0.717) is 24.3 Å². The SMILES string of the molecule is CCCCCCOCc1ccc(C=NNc2ccccc2)cc1F. The molecule has 0 saturated carbocycles. The zero-order valence-electron chi connectivity index (χ0n) is 14.2. The first-order chi connectivity index (χ1) is 11.8. The van der Waals surface area contributed by atoms with Crippen molar-refractivity contribution < 1.29 is 9.13 Å². The Kier molecular flexibility index (Phi) is 7.98. The molecule has 0 aliphatic carbocycles. The summed E-state index contributed by atoms with van der Waals surface area (Å²) in [6.07, 6.45) is 6.24. The maximum atomic E-state index is 14.1. The highest BCUT2D eigenvalue weighted by Gasteiger charge is 2.03. The second-order valence-corrected chi connectivity index (χ2v) is 5.70. The predicted molar refractivity (Wildman–Crippen MR) is 97.9 cm³/mol. The summed E-state index contributed by atoms with van der Waals surface area (Å²) in [6.45, 7) is 3.18. The first-order valence-electron chi connectivity index (χ1n) is 8.50. The molecule has 0 saturated heterocycles. The molecule has 0 heterocycles. The van der Waals surface area contributed by atoms with Crippen molar-refractivity contribution >= 4 is 11.9 Å². The Morgan fingerprint density at radius 1 is 1.08 bits per heavy atom. The minimum absolute atomic E-state index is 0.257. The van der Waals surface area contributed by atoms with Crippen LogP contribution in [-0.4, -0.2) is 12.8 Å². The third kappa shape index (κ3) is 6.50. The molecule has 0 aliphatic heterocycles. The number of hydrogen-bond acceptors (Lipinski definition) is 3. The van der Waals surface area contributed by atoms with E-state index >= 15 is 0 Å². The molecule has 0 amide bonds. The van der Waals surface area contributed by atoms with Gasteiger partial charge in [-0.25, -0.2) is 4.39 Å². The topological polar surface area (TPSA) is 33.6 Å². The summed E-state index contributed by atoms with van der Waals surface area (Å²) in [4.78, 5) is 0. The molecule has 0 atom stereocenters. The molecule has 24 heavy (non-hydrogen) atoms. The first kappa shape index (κ1) is 18.1. The van der Waals surface area contributed by atoms with Crippen molar-refractivity contribution in [3.63, 3.8) is 0 Å². The number of nitrogens with zero attached hydrogens (tertiary/aromatic N) is 1. The lowest BCUT2D eigenvalue weighted by Gasteiger charge is -2.06. The van der Waals surface area contributed by atoms with Crippen LogP contribution in [0.1, 0.15) is 43.7 Å². The summed E-state index contributed by atoms with van der Waals surface area (Å²) >= 11 is 0. The quantitative estimate of drug-likeness (QED) is 0.361. The van der Waals surface area contributed by atoms with Gasteiger partial charge in [0, 0.05) is 12.2 Å². The summed E-state index contributed by atoms with van der Waals surface area (Å²) in [7, 11) is 0. The van der Waals surface area contributed by atoms with Crippen LogP contribution in [0.2, 0.25) is 0 Å². The van der Waals surface area contributed by atoms with Gasteiger partial charge >= 0.3 is 0 Å². The van der Waals surface area contributed by atoms with E-state index in [4.69, 9.17) is 4.74 Å². The fourth-order valence-corrected chi connectivity index (χ4v) is 2.27. The number of anilines is 1. The zero-order chi connectivity index (χ0) is 17.0. The van der Waals surface area contributed by atoms with Crippen LogP contribution < -0.4 is 5.43 Å². The van der Waals surface area contributed by atoms with Crippen molar-refractivity contribution in [3.05, 3.63) is 65.5 Å². The van der Waals surface area contributed by atoms with Crippen LogP contribution in [0.5, 0.6) is 0 Å². The number of ether oxygens (including phenoxy) is 1. The Bertz CT molecular complexity index is 629. The van der Waals surface area contributed by atoms with E-state index < -0.39 is 0 Å². The van der Waals surface area contributed by atoms with Crippen molar-refractivity contribution in [1.29, 1.82) is 0 Å². The molecule has 2 aromatic rings. The minimum Gasteiger partial charge on any atom is -0.377 e. The highest BCUT2D eigenvalue weighted by atomic mass is 19.1. The molecule has 3 nitrogen and oxygen atoms in total. The number of unbranched alkanes of at least 4 members (excludes halogenated alkanes) is 3. The summed E-state index contributed by atoms with van der Waals surface area (Å²) in [5.41, 5.74) is 5.09. The predicted octanol–water partition coefficient (Wildman–Crippen LogP) is 5.37. The van der Waals surface area contributed by atoms with Crippen LogP contribution >= 0.6 is 0 Å². The van der Waals surface area contributed by atoms with Gasteiger partial charge in [0.2, 0.25) is 0 Å². The van der Waals surface area contributed by atoms with E-state index in [1.165, 1.54) is 25.3 Å². The van der Waals surface area contributed by atoms with Gasteiger partial charge in [0.1, 0.15) is 5.82 Å². The lowest BCUT2D eigenvalue weighted by molar-refractivity contribution is 0.114. The van der Waals surface area contributed by atoms with Crippen LogP contribution in [0.15, 0.2) is 53.6 Å². The summed E-state index contributed by atoms with van der Waals surface area (Å²) < 4.78 is 19.6. The number of nitrogens with one attached hydrogen (secondary N) is 1. The minimum atomic E-state index is -0.257. The lowest BCUT2D eigenvalue weighted by atomic mass is 10.1. The van der Waals surface area contributed by atoms with Gasteiger partial charge in [0.25, 0.3) is 0 Å². The summed E-state index contributed by atoms with van der Waals surface area (Å²) in [5.74, 6) is -0.257. The Balaban J connectivity index is 1.78. The Morgan fingerprint density at radius 3 is 2.67 bits per heavy atom. The number of halogens is 1. The second-order valence-electron chi connectivity index (χ2n) is 5.70. The second kappa shape index (κ2) is 10.6. The van der Waals surface area contributed by atoms with Gasteiger partial charge in [-0.2, -0.15) is 5.10 Å². The number of benzene rings is 2. The summed E-state index contributed by atoms with van der Waals surface area (Å²) in [5, 5.41) is 4.11. The van der Waals surface area contributed by atoms with Crippen LogP contribution in [0.4, 0.5) is 10.1 Å². The van der Waals surface area contributed by atoms with E-state index in [2.05, 4.69) is 17.5 Å². The normalized spacial score (nSPS) is 11.1. The van der Waals surface area contributed by atoms with Gasteiger partial charge in [-0.15, -0.1) is 0 Å². The van der Waals surface area contributed by atoms with Gasteiger partial charge in [-0.1, -0.05) is 56.5 Å². The maximum absolute atomic E-state index is 14.1. The molecular weight excluding hydrogens is 303 g/mol. The van der Waals surface area contributed by atoms with Crippen molar-refractivity contribution in [2.75, 3.05) is 12.0 Å². The molecule has 0 aliphatic rings. The molecule has 128 valence electrons. The standard InChI is InChI=1S/C20H25FN2O/c1-2-3-4-8-13-24-16-18-12-11-17(14-20(18)21)15-22-23-19-9-6-5-7-10-19/h5-7,9-12,14-15,23H,2-4,8,13,16H2,1H3. The van der Waals surface area contributed by atoms with Crippen molar-refractivity contribution in [1.82, 2.24) is 0 Å². The Hall–Kier alpha value is -2.20. The fraction of sp³-hybridized carbons (Fsp3) is 0.350. The molecule has 0 unspecified atom stereocenters. The van der Waals surface area contributed by atoms with E-state index in [1.54, 1.807) is 12.3 Å². The van der Waals surface area contributed by atoms with Gasteiger partial charge in [-0.3, -0.25) is 5.43 Å². The molecular formula is C20H25FN2O.